The minimum absolute atomic E-state index is 0.464. The minimum Gasteiger partial charge on any atom is -0.399 e. The average molecular weight is 208 g/mol. The van der Waals surface area contributed by atoms with Crippen LogP contribution in [0, 0.1) is 0 Å². The molecule has 15 heavy (non-hydrogen) atoms. The Labute approximate surface area is 91.6 Å². The number of guanidine groups is 1. The van der Waals surface area contributed by atoms with Crippen molar-refractivity contribution in [2.24, 2.45) is 10.7 Å². The van der Waals surface area contributed by atoms with E-state index in [1.807, 2.05) is 45.2 Å². The van der Waals surface area contributed by atoms with Crippen LogP contribution in [0.25, 0.3) is 0 Å². The lowest BCUT2D eigenvalue weighted by molar-refractivity contribution is 1.20. The van der Waals surface area contributed by atoms with Crippen LogP contribution in [0.15, 0.2) is 29.3 Å². The van der Waals surface area contributed by atoms with Gasteiger partial charge in [0.25, 0.3) is 0 Å². The molecule has 0 aliphatic carbocycles. The minimum atomic E-state index is 0.464. The van der Waals surface area contributed by atoms with Crippen molar-refractivity contribution in [2.75, 3.05) is 24.7 Å². The van der Waals surface area contributed by atoms with Crippen molar-refractivity contribution in [3.63, 3.8) is 0 Å². The monoisotopic (exact) mass is 208 g/mol. The number of nitrogens with two attached hydrogens (primary N) is 2. The van der Waals surface area contributed by atoms with Gasteiger partial charge in [0, 0.05) is 25.5 Å². The molecule has 0 atom stereocenters. The largest absolute Gasteiger partial charge is 0.399 e. The van der Waals surface area contributed by atoms with Crippen LogP contribution in [0.1, 0.15) is 13.8 Å². The van der Waals surface area contributed by atoms with Crippen LogP contribution in [0.4, 0.5) is 11.4 Å². The molecule has 1 aromatic rings. The first-order valence-electron chi connectivity index (χ1n) is 4.96. The Balaban J connectivity index is 0.000000921. The molecule has 4 nitrogen and oxygen atoms in total. The van der Waals surface area contributed by atoms with Gasteiger partial charge in [-0.25, -0.2) is 0 Å². The summed E-state index contributed by atoms with van der Waals surface area (Å²) in [7, 11) is 3.50. The lowest BCUT2D eigenvalue weighted by Crippen LogP contribution is -2.33. The van der Waals surface area contributed by atoms with Crippen molar-refractivity contribution in [3.8, 4) is 0 Å². The first-order chi connectivity index (χ1) is 7.15. The van der Waals surface area contributed by atoms with Gasteiger partial charge < -0.3 is 16.4 Å². The molecule has 4 N–H and O–H groups in total. The zero-order valence-electron chi connectivity index (χ0n) is 9.86. The van der Waals surface area contributed by atoms with Crippen molar-refractivity contribution in [3.05, 3.63) is 24.3 Å². The second kappa shape index (κ2) is 6.70. The van der Waals surface area contributed by atoms with Crippen LogP contribution < -0.4 is 16.4 Å². The molecule has 0 aliphatic rings. The number of anilines is 2. The van der Waals surface area contributed by atoms with Gasteiger partial charge in [-0.1, -0.05) is 19.9 Å². The number of nitrogens with zero attached hydrogens (tertiary/aromatic N) is 2. The summed E-state index contributed by atoms with van der Waals surface area (Å²) in [5, 5.41) is 0. The summed E-state index contributed by atoms with van der Waals surface area (Å²) in [6.07, 6.45) is 0. The van der Waals surface area contributed by atoms with Crippen LogP contribution in [0.5, 0.6) is 0 Å². The predicted octanol–water partition coefficient (Wildman–Crippen LogP) is 1.68. The zero-order chi connectivity index (χ0) is 11.8. The maximum absolute atomic E-state index is 5.63. The number of nitrogen functional groups attached to an aromatic ring is 1. The van der Waals surface area contributed by atoms with Gasteiger partial charge >= 0.3 is 0 Å². The highest BCUT2D eigenvalue weighted by molar-refractivity contribution is 5.94. The van der Waals surface area contributed by atoms with E-state index in [1.165, 1.54) is 0 Å². The Kier molecular flexibility index (Phi) is 5.94. The zero-order valence-corrected chi connectivity index (χ0v) is 9.86. The molecule has 4 heteroatoms. The molecule has 0 heterocycles. The van der Waals surface area contributed by atoms with E-state index < -0.39 is 0 Å². The molecule has 0 fully saturated rings. The second-order valence-electron chi connectivity index (χ2n) is 2.74. The van der Waals surface area contributed by atoms with Gasteiger partial charge in [-0.05, 0) is 18.2 Å². The molecular formula is C11H20N4. The molecule has 0 bridgehead atoms. The summed E-state index contributed by atoms with van der Waals surface area (Å²) < 4.78 is 0. The van der Waals surface area contributed by atoms with Crippen molar-refractivity contribution in [1.82, 2.24) is 0 Å². The first-order valence-corrected chi connectivity index (χ1v) is 4.96. The Hall–Kier alpha value is -1.71. The van der Waals surface area contributed by atoms with Gasteiger partial charge in [0.1, 0.15) is 0 Å². The lowest BCUT2D eigenvalue weighted by atomic mass is 10.3. The fourth-order valence-electron chi connectivity index (χ4n) is 1.02. The van der Waals surface area contributed by atoms with E-state index in [4.69, 9.17) is 11.5 Å². The molecule has 0 saturated carbocycles. The average Bonchev–Trinajstić information content (AvgIpc) is 2.29. The van der Waals surface area contributed by atoms with E-state index >= 15 is 0 Å². The maximum atomic E-state index is 5.63. The Morgan fingerprint density at radius 1 is 1.33 bits per heavy atom. The molecule has 0 spiro atoms. The maximum Gasteiger partial charge on any atom is 0.195 e. The van der Waals surface area contributed by atoms with E-state index in [0.29, 0.717) is 11.6 Å². The smallest absolute Gasteiger partial charge is 0.195 e. The molecule has 0 saturated heterocycles. The Morgan fingerprint density at radius 2 is 1.93 bits per heavy atom. The number of hydrogen-bond acceptors (Lipinski definition) is 2. The molecule has 0 amide bonds. The van der Waals surface area contributed by atoms with Gasteiger partial charge in [-0.15, -0.1) is 0 Å². The van der Waals surface area contributed by atoms with Crippen LogP contribution in [-0.4, -0.2) is 20.1 Å². The van der Waals surface area contributed by atoms with Crippen molar-refractivity contribution in [2.45, 2.75) is 13.8 Å². The van der Waals surface area contributed by atoms with Gasteiger partial charge in [0.05, 0.1) is 0 Å². The summed E-state index contributed by atoms with van der Waals surface area (Å²) in [5.74, 6) is 0.464. The molecule has 0 unspecified atom stereocenters. The fourth-order valence-corrected chi connectivity index (χ4v) is 1.02. The van der Waals surface area contributed by atoms with Crippen molar-refractivity contribution < 1.29 is 0 Å². The number of aliphatic imine (C=N–C) groups is 1. The van der Waals surface area contributed by atoms with E-state index in [1.54, 1.807) is 11.9 Å². The predicted molar refractivity (Wildman–Crippen MR) is 68.2 cm³/mol. The standard InChI is InChI=1S/C9H14N4.C2H6/c1-12-9(11)13(2)8-5-3-4-7(10)6-8;1-2/h3-6H,10H2,1-2H3,(H2,11,12);1-2H3. The third-order valence-corrected chi connectivity index (χ3v) is 1.83. The summed E-state index contributed by atoms with van der Waals surface area (Å²) in [4.78, 5) is 5.65. The topological polar surface area (TPSA) is 67.6 Å². The summed E-state index contributed by atoms with van der Waals surface area (Å²) in [6.45, 7) is 4.00. The van der Waals surface area contributed by atoms with Gasteiger partial charge in [0.2, 0.25) is 0 Å². The van der Waals surface area contributed by atoms with E-state index in [9.17, 15) is 0 Å². The first kappa shape index (κ1) is 13.3. The van der Waals surface area contributed by atoms with E-state index in [-0.39, 0.29) is 0 Å². The summed E-state index contributed by atoms with van der Waals surface area (Å²) >= 11 is 0. The molecule has 84 valence electrons. The van der Waals surface area contributed by atoms with Crippen LogP contribution in [0.3, 0.4) is 0 Å². The summed E-state index contributed by atoms with van der Waals surface area (Å²) in [6, 6.07) is 7.48. The highest BCUT2D eigenvalue weighted by Crippen LogP contribution is 2.15. The fraction of sp³-hybridized carbons (Fsp3) is 0.364. The molecule has 1 aromatic carbocycles. The van der Waals surface area contributed by atoms with Crippen molar-refractivity contribution in [1.29, 1.82) is 0 Å². The van der Waals surface area contributed by atoms with E-state index in [0.717, 1.165) is 5.69 Å². The highest BCUT2D eigenvalue weighted by atomic mass is 15.2. The Morgan fingerprint density at radius 3 is 2.40 bits per heavy atom. The summed E-state index contributed by atoms with van der Waals surface area (Å²) in [5.41, 5.74) is 12.9. The second-order valence-corrected chi connectivity index (χ2v) is 2.74. The number of benzene rings is 1. The van der Waals surface area contributed by atoms with Crippen molar-refractivity contribution >= 4 is 17.3 Å². The van der Waals surface area contributed by atoms with Gasteiger partial charge in [-0.2, -0.15) is 0 Å². The highest BCUT2D eigenvalue weighted by Gasteiger charge is 2.03. The molecule has 0 aromatic heterocycles. The quantitative estimate of drug-likeness (QED) is 0.419. The third kappa shape index (κ3) is 3.89. The van der Waals surface area contributed by atoms with Crippen LogP contribution >= 0.6 is 0 Å². The number of rotatable bonds is 1. The van der Waals surface area contributed by atoms with Gasteiger partial charge in [-0.3, -0.25) is 4.99 Å². The molecule has 0 aliphatic heterocycles. The molecule has 0 radical (unpaired) electrons. The third-order valence-electron chi connectivity index (χ3n) is 1.83. The SMILES string of the molecule is CC.CN=C(N)N(C)c1cccc(N)c1. The Bertz CT molecular complexity index is 320. The normalized spacial score (nSPS) is 10.3. The van der Waals surface area contributed by atoms with E-state index in [2.05, 4.69) is 4.99 Å². The number of hydrogen-bond donors (Lipinski definition) is 2. The van der Waals surface area contributed by atoms with Crippen LogP contribution in [-0.2, 0) is 0 Å². The van der Waals surface area contributed by atoms with Gasteiger partial charge in [0.15, 0.2) is 5.96 Å². The van der Waals surface area contributed by atoms with Crippen LogP contribution in [0.2, 0.25) is 0 Å². The molecule has 1 rings (SSSR count). The molecular weight excluding hydrogens is 188 g/mol. The lowest BCUT2D eigenvalue weighted by Gasteiger charge is -2.17.